The van der Waals surface area contributed by atoms with Gasteiger partial charge < -0.3 is 9.64 Å². The summed E-state index contributed by atoms with van der Waals surface area (Å²) in [7, 11) is -3.66. The quantitative estimate of drug-likeness (QED) is 0.379. The largest absolute Gasteiger partial charge is 0.379 e. The first kappa shape index (κ1) is 29.3. The standard InChI is InChI=1S/C26H27ClF3N7O3S2/c27-19-13-16(28)1-2-18(19)23-22(20-3-5-37(33-20)26(29)30)21-14-17(15-36(21)24(32-23)25-31-4-11-41-25)34-42(38,39)12-8-35-6-9-40-10-7-35/h1-5,11,13,17,23,26,34H,6-10,12,14-15H2/t17-,23-/m0/s1. The van der Waals surface area contributed by atoms with Gasteiger partial charge in [0.15, 0.2) is 10.8 Å². The predicted molar refractivity (Wildman–Crippen MR) is 152 cm³/mol. The van der Waals surface area contributed by atoms with Gasteiger partial charge in [0.25, 0.3) is 0 Å². The first-order valence-corrected chi connectivity index (χ1v) is 16.2. The van der Waals surface area contributed by atoms with Crippen molar-refractivity contribution in [3.8, 4) is 0 Å². The molecule has 0 aliphatic carbocycles. The monoisotopic (exact) mass is 641 g/mol. The minimum absolute atomic E-state index is 0.0740. The average Bonchev–Trinajstić information content (AvgIpc) is 3.73. The van der Waals surface area contributed by atoms with E-state index in [4.69, 9.17) is 21.3 Å². The van der Waals surface area contributed by atoms with Crippen LogP contribution in [0.5, 0.6) is 0 Å². The van der Waals surface area contributed by atoms with Crippen LogP contribution in [-0.2, 0) is 14.8 Å². The summed E-state index contributed by atoms with van der Waals surface area (Å²) < 4.78 is 76.1. The summed E-state index contributed by atoms with van der Waals surface area (Å²) in [6.07, 6.45) is 3.04. The lowest BCUT2D eigenvalue weighted by Crippen LogP contribution is -2.44. The molecule has 2 atom stereocenters. The van der Waals surface area contributed by atoms with Crippen LogP contribution in [0, 0.1) is 5.82 Å². The number of sulfonamides is 1. The lowest BCUT2D eigenvalue weighted by molar-refractivity contribution is 0.0408. The molecule has 1 aromatic carbocycles. The number of hydrogen-bond acceptors (Lipinski definition) is 9. The minimum Gasteiger partial charge on any atom is -0.379 e. The SMILES string of the molecule is O=S(=O)(CCN1CCOCC1)N[C@H]1CC2=C(c3ccn(C(F)F)n3)[C@H](c3ccc(F)cc3Cl)N=C(c3nccs3)N2C1. The molecule has 1 N–H and O–H groups in total. The van der Waals surface area contributed by atoms with Crippen LogP contribution in [0.3, 0.4) is 0 Å². The van der Waals surface area contributed by atoms with Crippen molar-refractivity contribution in [3.05, 3.63) is 74.8 Å². The minimum atomic E-state index is -3.66. The molecule has 3 aromatic rings. The zero-order valence-corrected chi connectivity index (χ0v) is 24.6. The third kappa shape index (κ3) is 6.12. The van der Waals surface area contributed by atoms with Crippen LogP contribution >= 0.6 is 22.9 Å². The number of hydrogen-bond donors (Lipinski definition) is 1. The van der Waals surface area contributed by atoms with Crippen molar-refractivity contribution in [1.29, 1.82) is 0 Å². The number of amidine groups is 1. The molecule has 16 heteroatoms. The number of aliphatic imine (C=N–C) groups is 1. The van der Waals surface area contributed by atoms with Crippen molar-refractivity contribution in [3.63, 3.8) is 0 Å². The van der Waals surface area contributed by atoms with E-state index in [0.717, 1.165) is 0 Å². The second kappa shape index (κ2) is 12.1. The Morgan fingerprint density at radius 3 is 2.71 bits per heavy atom. The number of rotatable bonds is 9. The maximum absolute atomic E-state index is 14.0. The summed E-state index contributed by atoms with van der Waals surface area (Å²) in [6, 6.07) is 4.02. The summed E-state index contributed by atoms with van der Waals surface area (Å²) in [6.45, 7) is 0.257. The lowest BCUT2D eigenvalue weighted by atomic mass is 9.92. The number of thiazole rings is 1. The molecule has 0 unspecified atom stereocenters. The molecule has 5 heterocycles. The number of halogens is 4. The van der Waals surface area contributed by atoms with Gasteiger partial charge in [-0.05, 0) is 18.2 Å². The number of nitrogens with one attached hydrogen (secondary N) is 1. The molecule has 2 aromatic heterocycles. The molecule has 0 spiro atoms. The highest BCUT2D eigenvalue weighted by atomic mass is 35.5. The van der Waals surface area contributed by atoms with Gasteiger partial charge in [-0.1, -0.05) is 17.7 Å². The number of alkyl halides is 2. The Morgan fingerprint density at radius 1 is 1.21 bits per heavy atom. The lowest BCUT2D eigenvalue weighted by Gasteiger charge is -2.32. The number of morpholine rings is 1. The van der Waals surface area contributed by atoms with Crippen molar-refractivity contribution in [2.75, 3.05) is 45.1 Å². The van der Waals surface area contributed by atoms with Gasteiger partial charge in [0.05, 0.1) is 24.7 Å². The molecule has 0 saturated carbocycles. The topological polar surface area (TPSA) is 105 Å². The number of aromatic nitrogens is 3. The molecule has 3 aliphatic rings. The maximum Gasteiger partial charge on any atom is 0.333 e. The van der Waals surface area contributed by atoms with Crippen LogP contribution in [0.15, 0.2) is 52.7 Å². The Morgan fingerprint density at radius 2 is 2.02 bits per heavy atom. The van der Waals surface area contributed by atoms with Crippen molar-refractivity contribution >= 4 is 44.4 Å². The highest BCUT2D eigenvalue weighted by Crippen LogP contribution is 2.46. The summed E-state index contributed by atoms with van der Waals surface area (Å²) in [5.41, 5.74) is 1.83. The summed E-state index contributed by atoms with van der Waals surface area (Å²) >= 11 is 7.85. The van der Waals surface area contributed by atoms with Crippen molar-refractivity contribution in [2.24, 2.45) is 4.99 Å². The highest BCUT2D eigenvalue weighted by Gasteiger charge is 2.42. The van der Waals surface area contributed by atoms with E-state index >= 15 is 0 Å². The van der Waals surface area contributed by atoms with Crippen molar-refractivity contribution < 1.29 is 26.3 Å². The Balaban J connectivity index is 1.38. The van der Waals surface area contributed by atoms with E-state index in [2.05, 4.69) is 14.8 Å². The average molecular weight is 642 g/mol. The number of benzene rings is 1. The van der Waals surface area contributed by atoms with Crippen molar-refractivity contribution in [2.45, 2.75) is 25.1 Å². The predicted octanol–water partition coefficient (Wildman–Crippen LogP) is 3.77. The molecular weight excluding hydrogens is 615 g/mol. The zero-order valence-electron chi connectivity index (χ0n) is 22.2. The van der Waals surface area contributed by atoms with Gasteiger partial charge in [0.1, 0.15) is 11.9 Å². The number of ether oxygens (including phenoxy) is 1. The van der Waals surface area contributed by atoms with E-state index in [-0.39, 0.29) is 29.4 Å². The van der Waals surface area contributed by atoms with Gasteiger partial charge in [-0.25, -0.2) is 27.2 Å². The molecule has 0 amide bonds. The first-order valence-electron chi connectivity index (χ1n) is 13.3. The maximum atomic E-state index is 14.0. The Bertz CT molecular complexity index is 1610. The van der Waals surface area contributed by atoms with Crippen LogP contribution in [0.4, 0.5) is 13.2 Å². The fraction of sp³-hybridized carbons (Fsp3) is 0.423. The summed E-state index contributed by atoms with van der Waals surface area (Å²) in [5.74, 6) is -0.124. The first-order chi connectivity index (χ1) is 20.2. The molecular formula is C26H27ClF3N7O3S2. The van der Waals surface area contributed by atoms with Gasteiger partial charge in [-0.2, -0.15) is 13.9 Å². The fourth-order valence-corrected chi connectivity index (χ4v) is 7.61. The summed E-state index contributed by atoms with van der Waals surface area (Å²) in [4.78, 5) is 13.3. The van der Waals surface area contributed by atoms with Crippen LogP contribution in [0.25, 0.3) is 5.57 Å². The molecule has 42 heavy (non-hydrogen) atoms. The van der Waals surface area contributed by atoms with Crippen LogP contribution in [-0.4, -0.2) is 90.0 Å². The van der Waals surface area contributed by atoms with E-state index < -0.39 is 34.5 Å². The molecule has 3 aliphatic heterocycles. The molecule has 10 nitrogen and oxygen atoms in total. The molecule has 224 valence electrons. The Kier molecular flexibility index (Phi) is 8.40. The zero-order chi connectivity index (χ0) is 29.4. The van der Waals surface area contributed by atoms with E-state index in [1.165, 1.54) is 41.8 Å². The normalized spacial score (nSPS) is 21.7. The smallest absolute Gasteiger partial charge is 0.333 e. The Labute approximate surface area is 249 Å². The van der Waals surface area contributed by atoms with Gasteiger partial charge in [0, 0.05) is 78.3 Å². The van der Waals surface area contributed by atoms with Gasteiger partial charge in [-0.3, -0.25) is 9.89 Å². The molecule has 2 fully saturated rings. The van der Waals surface area contributed by atoms with E-state index in [1.54, 1.807) is 11.6 Å². The van der Waals surface area contributed by atoms with Gasteiger partial charge in [0.2, 0.25) is 10.0 Å². The van der Waals surface area contributed by atoms with Gasteiger partial charge in [-0.15, -0.1) is 11.3 Å². The second-order valence-corrected chi connectivity index (χ2v) is 13.3. The van der Waals surface area contributed by atoms with E-state index in [1.807, 2.05) is 9.80 Å². The molecule has 2 saturated heterocycles. The second-order valence-electron chi connectivity index (χ2n) is 10.1. The van der Waals surface area contributed by atoms with Crippen LogP contribution in [0.2, 0.25) is 5.02 Å². The third-order valence-corrected chi connectivity index (χ3v) is 9.86. The third-order valence-electron chi connectivity index (χ3n) is 7.35. The van der Waals surface area contributed by atoms with Crippen LogP contribution in [0.1, 0.15) is 35.3 Å². The van der Waals surface area contributed by atoms with E-state index in [9.17, 15) is 21.6 Å². The molecule has 6 rings (SSSR count). The fourth-order valence-electron chi connectivity index (χ4n) is 5.42. The van der Waals surface area contributed by atoms with Crippen LogP contribution < -0.4 is 4.72 Å². The highest BCUT2D eigenvalue weighted by molar-refractivity contribution is 7.89. The summed E-state index contributed by atoms with van der Waals surface area (Å²) in [5, 5.41) is 6.61. The Hall–Kier alpha value is -2.82. The molecule has 0 bridgehead atoms. The number of nitrogens with zero attached hydrogens (tertiary/aromatic N) is 6. The van der Waals surface area contributed by atoms with Crippen molar-refractivity contribution in [1.82, 2.24) is 29.3 Å². The van der Waals surface area contributed by atoms with E-state index in [0.29, 0.717) is 65.2 Å². The van der Waals surface area contributed by atoms with Gasteiger partial charge >= 0.3 is 6.55 Å². The molecule has 0 radical (unpaired) electrons. The number of fused-ring (bicyclic) bond motifs is 1.